The molecule has 3 N–H and O–H groups in total. The van der Waals surface area contributed by atoms with Gasteiger partial charge in [0, 0.05) is 17.6 Å². The molecule has 2 heterocycles. The van der Waals surface area contributed by atoms with Crippen LogP contribution in [0.5, 0.6) is 11.5 Å². The summed E-state index contributed by atoms with van der Waals surface area (Å²) in [7, 11) is 1.58. The van der Waals surface area contributed by atoms with E-state index < -0.39 is 17.5 Å². The summed E-state index contributed by atoms with van der Waals surface area (Å²) in [4.78, 5) is 21.0. The summed E-state index contributed by atoms with van der Waals surface area (Å²) in [6, 6.07) is 7.20. The minimum Gasteiger partial charge on any atom is -0.493 e. The number of nitrogens with zero attached hydrogens (tertiary/aromatic N) is 4. The Hall–Kier alpha value is -4.32. The summed E-state index contributed by atoms with van der Waals surface area (Å²) < 4.78 is 40.1. The number of benzene rings is 2. The van der Waals surface area contributed by atoms with Gasteiger partial charge in [0.1, 0.15) is 18.7 Å². The minimum atomic E-state index is -1.12. The molecule has 0 unspecified atom stereocenters. The Morgan fingerprint density at radius 1 is 1.18 bits per heavy atom. The third kappa shape index (κ3) is 6.77. The van der Waals surface area contributed by atoms with Gasteiger partial charge in [-0.1, -0.05) is 6.07 Å². The van der Waals surface area contributed by atoms with E-state index >= 15 is 0 Å². The monoisotopic (exact) mass is 537 g/mol. The third-order valence-corrected chi connectivity index (χ3v) is 6.23. The van der Waals surface area contributed by atoms with Crippen molar-refractivity contribution in [2.24, 2.45) is 5.92 Å². The lowest BCUT2D eigenvalue weighted by Gasteiger charge is -2.13. The summed E-state index contributed by atoms with van der Waals surface area (Å²) in [5, 5.41) is 13.8. The molecule has 5 rings (SSSR count). The van der Waals surface area contributed by atoms with E-state index in [1.165, 1.54) is 42.2 Å². The first-order valence-electron chi connectivity index (χ1n) is 12.7. The van der Waals surface area contributed by atoms with Gasteiger partial charge < -0.3 is 25.4 Å². The quantitative estimate of drug-likeness (QED) is 0.217. The first kappa shape index (κ1) is 26.3. The van der Waals surface area contributed by atoms with Gasteiger partial charge in [0.2, 0.25) is 5.91 Å². The zero-order valence-corrected chi connectivity index (χ0v) is 21.4. The van der Waals surface area contributed by atoms with E-state index in [1.54, 1.807) is 13.3 Å². The molecule has 2 aromatic carbocycles. The molecule has 0 bridgehead atoms. The zero-order chi connectivity index (χ0) is 27.2. The number of amides is 1. The third-order valence-electron chi connectivity index (χ3n) is 6.23. The second-order valence-electron chi connectivity index (χ2n) is 9.29. The average Bonchev–Trinajstić information content (AvgIpc) is 3.66. The number of carbonyl (C=O) groups is 1. The van der Waals surface area contributed by atoms with Crippen LogP contribution in [0.1, 0.15) is 19.3 Å². The molecule has 12 heteroatoms. The predicted octanol–water partition coefficient (Wildman–Crippen LogP) is 4.26. The lowest BCUT2D eigenvalue weighted by Crippen LogP contribution is -2.19. The van der Waals surface area contributed by atoms with Crippen molar-refractivity contribution in [3.63, 3.8) is 0 Å². The minimum absolute atomic E-state index is 0.202. The number of rotatable bonds is 13. The first-order chi connectivity index (χ1) is 19.0. The van der Waals surface area contributed by atoms with Gasteiger partial charge in [-0.15, -0.1) is 0 Å². The van der Waals surface area contributed by atoms with Crippen LogP contribution in [0.2, 0.25) is 0 Å². The maximum Gasteiger partial charge on any atom is 0.246 e. The summed E-state index contributed by atoms with van der Waals surface area (Å²) in [5.41, 5.74) is 0.997. The van der Waals surface area contributed by atoms with Gasteiger partial charge in [-0.3, -0.25) is 9.48 Å². The molecule has 39 heavy (non-hydrogen) atoms. The largest absolute Gasteiger partial charge is 0.493 e. The fourth-order valence-corrected chi connectivity index (χ4v) is 4.03. The molecular formula is C27H29F2N7O3. The standard InChI is InChI=1S/C27H29F2N7O3/c1-38-23-10-19-22(11-24(23)39-9-3-8-30-12-17-6-7-17)31-16-32-27(19)34-18-13-33-36(14-18)15-25(37)35-21-5-2-4-20(28)26(21)29/h2,4-5,10-11,13-14,16-17,30H,3,6-9,12,15H2,1H3,(H,35,37)(H,31,32,34). The predicted molar refractivity (Wildman–Crippen MR) is 142 cm³/mol. The highest BCUT2D eigenvalue weighted by Crippen LogP contribution is 2.35. The van der Waals surface area contributed by atoms with Crippen molar-refractivity contribution in [2.45, 2.75) is 25.8 Å². The number of fused-ring (bicyclic) bond motifs is 1. The number of anilines is 3. The molecule has 4 aromatic rings. The van der Waals surface area contributed by atoms with Crippen LogP contribution in [0.15, 0.2) is 49.1 Å². The molecule has 1 fully saturated rings. The Morgan fingerprint density at radius 2 is 2.05 bits per heavy atom. The maximum atomic E-state index is 13.8. The van der Waals surface area contributed by atoms with Crippen LogP contribution in [0.3, 0.4) is 0 Å². The Balaban J connectivity index is 1.21. The number of aromatic nitrogens is 4. The average molecular weight is 538 g/mol. The Morgan fingerprint density at radius 3 is 2.87 bits per heavy atom. The van der Waals surface area contributed by atoms with Gasteiger partial charge >= 0.3 is 0 Å². The smallest absolute Gasteiger partial charge is 0.246 e. The number of hydrogen-bond donors (Lipinski definition) is 3. The van der Waals surface area contributed by atoms with Crippen LogP contribution in [-0.4, -0.2) is 52.5 Å². The summed E-state index contributed by atoms with van der Waals surface area (Å²) >= 11 is 0. The van der Waals surface area contributed by atoms with Gasteiger partial charge in [0.25, 0.3) is 0 Å². The molecular weight excluding hydrogens is 508 g/mol. The fourth-order valence-electron chi connectivity index (χ4n) is 4.03. The van der Waals surface area contributed by atoms with Crippen LogP contribution >= 0.6 is 0 Å². The number of carbonyl (C=O) groups excluding carboxylic acids is 1. The topological polar surface area (TPSA) is 115 Å². The Kier molecular flexibility index (Phi) is 8.11. The number of methoxy groups -OCH3 is 1. The van der Waals surface area contributed by atoms with E-state index in [2.05, 4.69) is 31.0 Å². The molecule has 2 aromatic heterocycles. The maximum absolute atomic E-state index is 13.8. The van der Waals surface area contributed by atoms with Crippen molar-refractivity contribution in [1.29, 1.82) is 0 Å². The van der Waals surface area contributed by atoms with Gasteiger partial charge in [0.15, 0.2) is 23.1 Å². The second kappa shape index (κ2) is 12.0. The van der Waals surface area contributed by atoms with E-state index in [0.717, 1.165) is 31.5 Å². The molecule has 10 nitrogen and oxygen atoms in total. The molecule has 0 saturated heterocycles. The highest BCUT2D eigenvalue weighted by Gasteiger charge is 2.20. The van der Waals surface area contributed by atoms with Crippen molar-refractivity contribution < 1.29 is 23.0 Å². The Labute approximate surface area is 223 Å². The van der Waals surface area contributed by atoms with Crippen LogP contribution in [0, 0.1) is 17.6 Å². The molecule has 0 atom stereocenters. The summed E-state index contributed by atoms with van der Waals surface area (Å²) in [6.45, 7) is 2.33. The molecule has 1 aliphatic carbocycles. The fraction of sp³-hybridized carbons (Fsp3) is 0.333. The van der Waals surface area contributed by atoms with E-state index in [0.29, 0.717) is 40.5 Å². The van der Waals surface area contributed by atoms with E-state index in [9.17, 15) is 13.6 Å². The van der Waals surface area contributed by atoms with Gasteiger partial charge in [-0.2, -0.15) is 5.10 Å². The number of halogens is 2. The molecule has 1 aliphatic rings. The van der Waals surface area contributed by atoms with E-state index in [-0.39, 0.29) is 12.2 Å². The first-order valence-corrected chi connectivity index (χ1v) is 12.7. The highest BCUT2D eigenvalue weighted by molar-refractivity contribution is 5.93. The van der Waals surface area contributed by atoms with E-state index in [4.69, 9.17) is 9.47 Å². The van der Waals surface area contributed by atoms with Crippen molar-refractivity contribution in [2.75, 3.05) is 37.4 Å². The number of ether oxygens (including phenoxy) is 2. The normalized spacial score (nSPS) is 12.9. The summed E-state index contributed by atoms with van der Waals surface area (Å²) in [5.74, 6) is -0.192. The van der Waals surface area contributed by atoms with Crippen LogP contribution in [-0.2, 0) is 11.3 Å². The Bertz CT molecular complexity index is 1460. The molecule has 204 valence electrons. The second-order valence-corrected chi connectivity index (χ2v) is 9.29. The van der Waals surface area contributed by atoms with Crippen LogP contribution in [0.25, 0.3) is 10.9 Å². The zero-order valence-electron chi connectivity index (χ0n) is 21.4. The summed E-state index contributed by atoms with van der Waals surface area (Å²) in [6.07, 6.45) is 8.10. The number of nitrogens with one attached hydrogen (secondary N) is 3. The van der Waals surface area contributed by atoms with Crippen molar-refractivity contribution in [1.82, 2.24) is 25.1 Å². The molecule has 1 amide bonds. The molecule has 0 aliphatic heterocycles. The van der Waals surface area contributed by atoms with Gasteiger partial charge in [-0.05, 0) is 56.5 Å². The lowest BCUT2D eigenvalue weighted by atomic mass is 10.2. The van der Waals surface area contributed by atoms with Crippen molar-refractivity contribution in [3.05, 3.63) is 60.7 Å². The molecule has 0 radical (unpaired) electrons. The van der Waals surface area contributed by atoms with Crippen molar-refractivity contribution in [3.8, 4) is 11.5 Å². The van der Waals surface area contributed by atoms with Crippen LogP contribution in [0.4, 0.5) is 26.0 Å². The molecule has 1 saturated carbocycles. The van der Waals surface area contributed by atoms with Crippen LogP contribution < -0.4 is 25.4 Å². The van der Waals surface area contributed by atoms with Gasteiger partial charge in [-0.25, -0.2) is 18.7 Å². The number of hydrogen-bond acceptors (Lipinski definition) is 8. The SMILES string of the molecule is COc1cc2c(Nc3cnn(CC(=O)Nc4cccc(F)c4F)c3)ncnc2cc1OCCCNCC1CC1. The van der Waals surface area contributed by atoms with E-state index in [1.807, 2.05) is 12.1 Å². The lowest BCUT2D eigenvalue weighted by molar-refractivity contribution is -0.116. The molecule has 0 spiro atoms. The van der Waals surface area contributed by atoms with Crippen molar-refractivity contribution >= 4 is 34.0 Å². The van der Waals surface area contributed by atoms with Gasteiger partial charge in [0.05, 0.1) is 36.8 Å². The highest BCUT2D eigenvalue weighted by atomic mass is 19.2.